The summed E-state index contributed by atoms with van der Waals surface area (Å²) in [6, 6.07) is 7.84. The number of aryl methyl sites for hydroxylation is 1. The highest BCUT2D eigenvalue weighted by Crippen LogP contribution is 2.18. The number of para-hydroxylation sites is 1. The van der Waals surface area contributed by atoms with Gasteiger partial charge in [0.05, 0.1) is 0 Å². The summed E-state index contributed by atoms with van der Waals surface area (Å²) >= 11 is 0. The third-order valence-corrected chi connectivity index (χ3v) is 4.29. The second-order valence-electron chi connectivity index (χ2n) is 6.25. The van der Waals surface area contributed by atoms with Crippen LogP contribution in [0.25, 0.3) is 0 Å². The normalized spacial score (nSPS) is 15.0. The second-order valence-corrected chi connectivity index (χ2v) is 6.25. The van der Waals surface area contributed by atoms with Gasteiger partial charge in [0.25, 0.3) is 5.91 Å². The summed E-state index contributed by atoms with van der Waals surface area (Å²) in [5.74, 6) is 0.778. The lowest BCUT2D eigenvalue weighted by molar-refractivity contribution is -0.134. The molecule has 1 heterocycles. The minimum absolute atomic E-state index is 0.00158. The molecule has 24 heavy (non-hydrogen) atoms. The Bertz CT molecular complexity index is 566. The van der Waals surface area contributed by atoms with Gasteiger partial charge in [-0.3, -0.25) is 4.79 Å². The number of carbonyl (C=O) groups is 2. The number of rotatable bonds is 5. The molecule has 0 spiro atoms. The number of hydrogen-bond donors (Lipinski definition) is 1. The number of nitrogens with one attached hydrogen (secondary N) is 1. The molecule has 0 bridgehead atoms. The van der Waals surface area contributed by atoms with Gasteiger partial charge in [-0.15, -0.1) is 0 Å². The van der Waals surface area contributed by atoms with Crippen molar-refractivity contribution in [2.45, 2.75) is 32.2 Å². The fraction of sp³-hybridized carbons (Fsp3) is 0.556. The molecule has 3 amide bonds. The molecule has 0 aromatic heterocycles. The summed E-state index contributed by atoms with van der Waals surface area (Å²) in [6.45, 7) is 3.43. The molecule has 0 unspecified atom stereocenters. The summed E-state index contributed by atoms with van der Waals surface area (Å²) in [5.41, 5.74) is 1.11. The van der Waals surface area contributed by atoms with E-state index in [4.69, 9.17) is 4.74 Å². The maximum Gasteiger partial charge on any atom is 0.317 e. The van der Waals surface area contributed by atoms with Crippen LogP contribution < -0.4 is 10.1 Å². The van der Waals surface area contributed by atoms with Crippen LogP contribution in [0.1, 0.15) is 25.3 Å². The first-order valence-electron chi connectivity index (χ1n) is 8.47. The van der Waals surface area contributed by atoms with Crippen LogP contribution >= 0.6 is 0 Å². The fourth-order valence-electron chi connectivity index (χ4n) is 2.74. The molecule has 2 rings (SSSR count). The van der Waals surface area contributed by atoms with Crippen LogP contribution in [0.5, 0.6) is 5.75 Å². The molecule has 0 saturated carbocycles. The third-order valence-electron chi connectivity index (χ3n) is 4.29. The van der Waals surface area contributed by atoms with E-state index in [2.05, 4.69) is 12.2 Å². The van der Waals surface area contributed by atoms with E-state index in [1.807, 2.05) is 29.2 Å². The van der Waals surface area contributed by atoms with E-state index >= 15 is 0 Å². The molecule has 1 N–H and O–H groups in total. The van der Waals surface area contributed by atoms with E-state index in [-0.39, 0.29) is 24.6 Å². The van der Waals surface area contributed by atoms with Crippen LogP contribution in [0.4, 0.5) is 4.79 Å². The van der Waals surface area contributed by atoms with Crippen molar-refractivity contribution in [3.63, 3.8) is 0 Å². The summed E-state index contributed by atoms with van der Waals surface area (Å²) in [6.07, 6.45) is 2.43. The van der Waals surface area contributed by atoms with Gasteiger partial charge in [0.1, 0.15) is 5.75 Å². The average Bonchev–Trinajstić information content (AvgIpc) is 2.60. The van der Waals surface area contributed by atoms with Gasteiger partial charge in [0, 0.05) is 33.2 Å². The van der Waals surface area contributed by atoms with E-state index in [1.165, 1.54) is 4.90 Å². The molecule has 1 saturated heterocycles. The van der Waals surface area contributed by atoms with E-state index in [9.17, 15) is 9.59 Å². The number of likely N-dealkylation sites (tertiary alicyclic amines) is 1. The maximum atomic E-state index is 12.3. The summed E-state index contributed by atoms with van der Waals surface area (Å²) in [7, 11) is 3.44. The largest absolute Gasteiger partial charge is 0.483 e. The van der Waals surface area contributed by atoms with Crippen molar-refractivity contribution >= 4 is 11.9 Å². The van der Waals surface area contributed by atoms with Gasteiger partial charge in [0.15, 0.2) is 6.61 Å². The highest BCUT2D eigenvalue weighted by atomic mass is 16.5. The average molecular weight is 333 g/mol. The molecule has 1 aliphatic heterocycles. The van der Waals surface area contributed by atoms with Crippen molar-refractivity contribution < 1.29 is 14.3 Å². The Morgan fingerprint density at radius 2 is 1.92 bits per heavy atom. The van der Waals surface area contributed by atoms with Gasteiger partial charge in [-0.25, -0.2) is 4.79 Å². The van der Waals surface area contributed by atoms with E-state index in [0.29, 0.717) is 13.1 Å². The van der Waals surface area contributed by atoms with E-state index in [1.54, 1.807) is 14.1 Å². The Balaban J connectivity index is 1.78. The summed E-state index contributed by atoms with van der Waals surface area (Å²) in [5, 5.41) is 2.97. The van der Waals surface area contributed by atoms with E-state index < -0.39 is 0 Å². The minimum atomic E-state index is -0.0840. The smallest absolute Gasteiger partial charge is 0.317 e. The van der Waals surface area contributed by atoms with Gasteiger partial charge in [0.2, 0.25) is 0 Å². The number of piperidine rings is 1. The topological polar surface area (TPSA) is 61.9 Å². The molecular weight excluding hydrogens is 306 g/mol. The van der Waals surface area contributed by atoms with Crippen molar-refractivity contribution in [2.24, 2.45) is 0 Å². The van der Waals surface area contributed by atoms with Crippen LogP contribution in [-0.4, -0.2) is 61.6 Å². The predicted octanol–water partition coefficient (Wildman–Crippen LogP) is 1.89. The van der Waals surface area contributed by atoms with Gasteiger partial charge in [-0.2, -0.15) is 0 Å². The monoisotopic (exact) mass is 333 g/mol. The molecule has 132 valence electrons. The van der Waals surface area contributed by atoms with Crippen molar-refractivity contribution in [1.29, 1.82) is 0 Å². The van der Waals surface area contributed by atoms with Crippen molar-refractivity contribution in [3.05, 3.63) is 29.8 Å². The molecule has 1 fully saturated rings. The molecule has 1 aromatic carbocycles. The van der Waals surface area contributed by atoms with Crippen molar-refractivity contribution in [2.75, 3.05) is 33.8 Å². The van der Waals surface area contributed by atoms with Crippen LogP contribution in [0, 0.1) is 0 Å². The molecule has 0 radical (unpaired) electrons. The van der Waals surface area contributed by atoms with Gasteiger partial charge < -0.3 is 19.9 Å². The molecular formula is C18H27N3O3. The first-order valence-corrected chi connectivity index (χ1v) is 8.47. The predicted molar refractivity (Wildman–Crippen MR) is 93.1 cm³/mol. The van der Waals surface area contributed by atoms with Crippen LogP contribution in [-0.2, 0) is 11.2 Å². The SMILES string of the molecule is CCc1ccccc1OCC(=O)N1CCC(NC(=O)N(C)C)CC1. The first kappa shape index (κ1) is 18.1. The first-order chi connectivity index (χ1) is 11.5. The summed E-state index contributed by atoms with van der Waals surface area (Å²) in [4.78, 5) is 27.3. The molecule has 0 atom stereocenters. The lowest BCUT2D eigenvalue weighted by Crippen LogP contribution is -2.49. The maximum absolute atomic E-state index is 12.3. The van der Waals surface area contributed by atoms with E-state index in [0.717, 1.165) is 30.6 Å². The Hall–Kier alpha value is -2.24. The van der Waals surface area contributed by atoms with Gasteiger partial charge in [-0.1, -0.05) is 25.1 Å². The quantitative estimate of drug-likeness (QED) is 0.895. The standard InChI is InChI=1S/C18H27N3O3/c1-4-14-7-5-6-8-16(14)24-13-17(22)21-11-9-15(10-12-21)19-18(23)20(2)3/h5-8,15H,4,9-13H2,1-3H3,(H,19,23). The lowest BCUT2D eigenvalue weighted by atomic mass is 10.1. The van der Waals surface area contributed by atoms with Crippen LogP contribution in [0.2, 0.25) is 0 Å². The minimum Gasteiger partial charge on any atom is -0.483 e. The van der Waals surface area contributed by atoms with Gasteiger partial charge >= 0.3 is 6.03 Å². The zero-order valence-electron chi connectivity index (χ0n) is 14.7. The number of amides is 3. The Kier molecular flexibility index (Phi) is 6.46. The third kappa shape index (κ3) is 4.88. The molecule has 6 heteroatoms. The Labute approximate surface area is 143 Å². The van der Waals surface area contributed by atoms with Crippen molar-refractivity contribution in [1.82, 2.24) is 15.1 Å². The lowest BCUT2D eigenvalue weighted by Gasteiger charge is -2.32. The molecule has 1 aromatic rings. The zero-order valence-corrected chi connectivity index (χ0v) is 14.7. The van der Waals surface area contributed by atoms with Crippen LogP contribution in [0.3, 0.4) is 0 Å². The molecule has 1 aliphatic rings. The van der Waals surface area contributed by atoms with Crippen molar-refractivity contribution in [3.8, 4) is 5.75 Å². The second kappa shape index (κ2) is 8.57. The Morgan fingerprint density at radius 1 is 1.25 bits per heavy atom. The molecule has 0 aliphatic carbocycles. The zero-order chi connectivity index (χ0) is 17.5. The molecule has 6 nitrogen and oxygen atoms in total. The number of urea groups is 1. The van der Waals surface area contributed by atoms with Crippen LogP contribution in [0.15, 0.2) is 24.3 Å². The fourth-order valence-corrected chi connectivity index (χ4v) is 2.74. The number of hydrogen-bond acceptors (Lipinski definition) is 3. The number of ether oxygens (including phenoxy) is 1. The highest BCUT2D eigenvalue weighted by molar-refractivity contribution is 5.78. The number of benzene rings is 1. The highest BCUT2D eigenvalue weighted by Gasteiger charge is 2.24. The Morgan fingerprint density at radius 3 is 2.54 bits per heavy atom. The number of carbonyl (C=O) groups excluding carboxylic acids is 2. The number of nitrogens with zero attached hydrogens (tertiary/aromatic N) is 2. The summed E-state index contributed by atoms with van der Waals surface area (Å²) < 4.78 is 5.70. The van der Waals surface area contributed by atoms with Gasteiger partial charge in [-0.05, 0) is 30.9 Å².